The van der Waals surface area contributed by atoms with Crippen LogP contribution in [-0.2, 0) is 32.7 Å². The summed E-state index contributed by atoms with van der Waals surface area (Å²) in [6.07, 6.45) is 2.77. The molecule has 2 aromatic carbocycles. The molecule has 0 unspecified atom stereocenters. The predicted octanol–water partition coefficient (Wildman–Crippen LogP) is 3.02. The van der Waals surface area contributed by atoms with Crippen molar-refractivity contribution in [3.05, 3.63) is 69.3 Å². The Bertz CT molecular complexity index is 640. The Morgan fingerprint density at radius 3 is 1.83 bits per heavy atom. The van der Waals surface area contributed by atoms with E-state index in [1.807, 2.05) is 18.2 Å². The summed E-state index contributed by atoms with van der Waals surface area (Å²) < 4.78 is 0. The van der Waals surface area contributed by atoms with Gasteiger partial charge in [-0.15, -0.1) is 0 Å². The van der Waals surface area contributed by atoms with Gasteiger partial charge in [-0.1, -0.05) is 43.7 Å². The number of aliphatic hydroxyl groups excluding tert-OH is 3. The molecule has 3 heteroatoms. The lowest BCUT2D eigenvalue weighted by atomic mass is 9.92. The van der Waals surface area contributed by atoms with Crippen molar-refractivity contribution in [2.45, 2.75) is 52.9 Å². The third-order valence-corrected chi connectivity index (χ3v) is 4.18. The number of benzene rings is 2. The fourth-order valence-corrected chi connectivity index (χ4v) is 3.18. The summed E-state index contributed by atoms with van der Waals surface area (Å²) in [6, 6.07) is 10.00. The Labute approximate surface area is 138 Å². The molecule has 0 fully saturated rings. The van der Waals surface area contributed by atoms with Crippen molar-refractivity contribution in [1.82, 2.24) is 0 Å². The zero-order valence-corrected chi connectivity index (χ0v) is 14.0. The van der Waals surface area contributed by atoms with E-state index in [0.29, 0.717) is 0 Å². The number of aryl methyl sites for hydroxylation is 1. The van der Waals surface area contributed by atoms with Gasteiger partial charge in [-0.3, -0.25) is 0 Å². The molecule has 0 radical (unpaired) electrons. The predicted molar refractivity (Wildman–Crippen MR) is 92.2 cm³/mol. The van der Waals surface area contributed by atoms with Gasteiger partial charge in [0, 0.05) is 0 Å². The smallest absolute Gasteiger partial charge is 0.0684 e. The minimum Gasteiger partial charge on any atom is -0.392 e. The van der Waals surface area contributed by atoms with Crippen molar-refractivity contribution >= 4 is 0 Å². The molecule has 3 N–H and O–H groups in total. The number of hydrogen-bond donors (Lipinski definition) is 3. The fourth-order valence-electron chi connectivity index (χ4n) is 3.18. The molecule has 0 aromatic heterocycles. The van der Waals surface area contributed by atoms with Crippen LogP contribution in [0, 0.1) is 6.92 Å². The van der Waals surface area contributed by atoms with Gasteiger partial charge < -0.3 is 15.3 Å². The van der Waals surface area contributed by atoms with Crippen LogP contribution in [0.4, 0.5) is 0 Å². The largest absolute Gasteiger partial charge is 0.392 e. The summed E-state index contributed by atoms with van der Waals surface area (Å²) in [5.41, 5.74) is 7.30. The van der Waals surface area contributed by atoms with E-state index in [-0.39, 0.29) is 19.8 Å². The molecule has 0 amide bonds. The van der Waals surface area contributed by atoms with Gasteiger partial charge in [0.15, 0.2) is 0 Å². The fraction of sp³-hybridized carbons (Fsp3) is 0.400. The first kappa shape index (κ1) is 17.7. The molecule has 0 spiro atoms. The molecule has 0 aliphatic rings. The second kappa shape index (κ2) is 8.25. The standard InChI is InChI=1S/C20H26O3/c1-3-4-20-14(2)5-15(10-19(20)13-23)6-16-7-17(11-21)9-18(8-16)12-22/h5,7-10,21-23H,3-4,6,11-13H2,1-2H3. The van der Waals surface area contributed by atoms with Crippen LogP contribution in [0.5, 0.6) is 0 Å². The number of hydrogen-bond acceptors (Lipinski definition) is 3. The van der Waals surface area contributed by atoms with E-state index >= 15 is 0 Å². The monoisotopic (exact) mass is 314 g/mol. The molecule has 0 aliphatic carbocycles. The maximum Gasteiger partial charge on any atom is 0.0684 e. The van der Waals surface area contributed by atoms with Crippen molar-refractivity contribution in [3.63, 3.8) is 0 Å². The molecule has 0 bridgehead atoms. The highest BCUT2D eigenvalue weighted by atomic mass is 16.3. The summed E-state index contributed by atoms with van der Waals surface area (Å²) in [4.78, 5) is 0. The van der Waals surface area contributed by atoms with Crippen LogP contribution < -0.4 is 0 Å². The molecule has 3 nitrogen and oxygen atoms in total. The Morgan fingerprint density at radius 1 is 0.739 bits per heavy atom. The third kappa shape index (κ3) is 4.41. The molecule has 124 valence electrons. The molecule has 0 atom stereocenters. The average molecular weight is 314 g/mol. The van der Waals surface area contributed by atoms with E-state index in [0.717, 1.165) is 47.1 Å². The molecular weight excluding hydrogens is 288 g/mol. The average Bonchev–Trinajstić information content (AvgIpc) is 2.56. The van der Waals surface area contributed by atoms with Gasteiger partial charge in [0.25, 0.3) is 0 Å². The molecule has 2 aromatic rings. The lowest BCUT2D eigenvalue weighted by molar-refractivity contribution is 0.275. The summed E-state index contributed by atoms with van der Waals surface area (Å²) in [7, 11) is 0. The molecular formula is C20H26O3. The summed E-state index contributed by atoms with van der Waals surface area (Å²) >= 11 is 0. The van der Waals surface area contributed by atoms with Crippen LogP contribution in [0.15, 0.2) is 30.3 Å². The summed E-state index contributed by atoms with van der Waals surface area (Å²) in [6.45, 7) is 4.24. The molecule has 0 saturated heterocycles. The molecule has 0 saturated carbocycles. The zero-order valence-electron chi connectivity index (χ0n) is 14.0. The van der Waals surface area contributed by atoms with E-state index in [9.17, 15) is 15.3 Å². The Balaban J connectivity index is 2.35. The summed E-state index contributed by atoms with van der Waals surface area (Å²) in [5.74, 6) is 0. The van der Waals surface area contributed by atoms with Crippen LogP contribution in [0.2, 0.25) is 0 Å². The third-order valence-electron chi connectivity index (χ3n) is 4.18. The topological polar surface area (TPSA) is 60.7 Å². The van der Waals surface area contributed by atoms with Gasteiger partial charge in [0.2, 0.25) is 0 Å². The minimum atomic E-state index is -0.0306. The van der Waals surface area contributed by atoms with Crippen LogP contribution in [0.1, 0.15) is 52.3 Å². The van der Waals surface area contributed by atoms with E-state index < -0.39 is 0 Å². The second-order valence-corrected chi connectivity index (χ2v) is 6.11. The van der Waals surface area contributed by atoms with E-state index in [2.05, 4.69) is 26.0 Å². The lowest BCUT2D eigenvalue weighted by Crippen LogP contribution is -2.01. The van der Waals surface area contributed by atoms with Crippen LogP contribution in [-0.4, -0.2) is 15.3 Å². The van der Waals surface area contributed by atoms with E-state index in [1.165, 1.54) is 11.1 Å². The first-order valence-electron chi connectivity index (χ1n) is 8.16. The number of aliphatic hydroxyl groups is 3. The van der Waals surface area contributed by atoms with Gasteiger partial charge in [0.05, 0.1) is 19.8 Å². The van der Waals surface area contributed by atoms with Crippen molar-refractivity contribution in [2.75, 3.05) is 0 Å². The normalized spacial score (nSPS) is 11.0. The lowest BCUT2D eigenvalue weighted by Gasteiger charge is -2.14. The van der Waals surface area contributed by atoms with Crippen molar-refractivity contribution in [3.8, 4) is 0 Å². The van der Waals surface area contributed by atoms with Gasteiger partial charge in [-0.25, -0.2) is 0 Å². The van der Waals surface area contributed by atoms with Gasteiger partial charge in [0.1, 0.15) is 0 Å². The highest BCUT2D eigenvalue weighted by Crippen LogP contribution is 2.22. The van der Waals surface area contributed by atoms with Gasteiger partial charge in [-0.05, 0) is 58.7 Å². The molecule has 23 heavy (non-hydrogen) atoms. The number of rotatable bonds is 7. The Hall–Kier alpha value is -1.68. The van der Waals surface area contributed by atoms with Crippen LogP contribution in [0.25, 0.3) is 0 Å². The molecule has 0 aliphatic heterocycles. The Morgan fingerprint density at radius 2 is 1.30 bits per heavy atom. The molecule has 2 rings (SSSR count). The zero-order chi connectivity index (χ0) is 16.8. The van der Waals surface area contributed by atoms with Crippen LogP contribution in [0.3, 0.4) is 0 Å². The van der Waals surface area contributed by atoms with E-state index in [4.69, 9.17) is 0 Å². The van der Waals surface area contributed by atoms with Crippen LogP contribution >= 0.6 is 0 Å². The SMILES string of the molecule is CCCc1c(C)cc(Cc2cc(CO)cc(CO)c2)cc1CO. The maximum absolute atomic E-state index is 9.66. The first-order valence-corrected chi connectivity index (χ1v) is 8.16. The highest BCUT2D eigenvalue weighted by molar-refractivity contribution is 5.41. The van der Waals surface area contributed by atoms with E-state index in [1.54, 1.807) is 0 Å². The van der Waals surface area contributed by atoms with Crippen molar-refractivity contribution < 1.29 is 15.3 Å². The molecule has 0 heterocycles. The van der Waals surface area contributed by atoms with Gasteiger partial charge in [-0.2, -0.15) is 0 Å². The van der Waals surface area contributed by atoms with Crippen molar-refractivity contribution in [2.24, 2.45) is 0 Å². The second-order valence-electron chi connectivity index (χ2n) is 6.11. The minimum absolute atomic E-state index is 0.0306. The van der Waals surface area contributed by atoms with Gasteiger partial charge >= 0.3 is 0 Å². The maximum atomic E-state index is 9.66. The quantitative estimate of drug-likeness (QED) is 0.736. The highest BCUT2D eigenvalue weighted by Gasteiger charge is 2.09. The Kier molecular flexibility index (Phi) is 6.34. The van der Waals surface area contributed by atoms with Crippen molar-refractivity contribution in [1.29, 1.82) is 0 Å². The summed E-state index contributed by atoms with van der Waals surface area (Å²) in [5, 5.41) is 28.4. The first-order chi connectivity index (χ1) is 11.1.